The van der Waals surface area contributed by atoms with E-state index >= 15 is 0 Å². The Morgan fingerprint density at radius 2 is 1.67 bits per heavy atom. The molecule has 0 atom stereocenters. The molecule has 1 aromatic carbocycles. The van der Waals surface area contributed by atoms with Gasteiger partial charge in [0.25, 0.3) is 15.9 Å². The minimum atomic E-state index is -4.17. The summed E-state index contributed by atoms with van der Waals surface area (Å²) in [5.41, 5.74) is -2.11. The van der Waals surface area contributed by atoms with Crippen LogP contribution in [0.15, 0.2) is 29.2 Å². The average Bonchev–Trinajstić information content (AvgIpc) is 2.36. The van der Waals surface area contributed by atoms with Crippen molar-refractivity contribution in [3.8, 4) is 0 Å². The highest BCUT2D eigenvalue weighted by Crippen LogP contribution is 2.27. The third kappa shape index (κ3) is 4.45. The number of carboxylic acids is 1. The predicted octanol–water partition coefficient (Wildman–Crippen LogP) is 1.87. The number of rotatable bonds is 6. The van der Waals surface area contributed by atoms with E-state index in [2.05, 4.69) is 4.84 Å². The number of alkyl halides is 2. The van der Waals surface area contributed by atoms with Crippen molar-refractivity contribution in [1.82, 2.24) is 4.89 Å². The van der Waals surface area contributed by atoms with Crippen molar-refractivity contribution in [2.45, 2.75) is 37.2 Å². The second-order valence-electron chi connectivity index (χ2n) is 4.92. The zero-order chi connectivity index (χ0) is 16.5. The maximum absolute atomic E-state index is 13.0. The smallest absolute Gasteiger partial charge is 0.337 e. The molecule has 0 fully saturated rings. The first kappa shape index (κ1) is 17.5. The Kier molecular flexibility index (Phi) is 4.71. The topological polar surface area (TPSA) is 92.7 Å². The Balaban J connectivity index is 2.92. The summed E-state index contributed by atoms with van der Waals surface area (Å²) in [6, 6.07) is 3.90. The van der Waals surface area contributed by atoms with Gasteiger partial charge in [-0.05, 0) is 26.0 Å². The fraction of sp³-hybridized carbons (Fsp3) is 0.417. The second-order valence-corrected chi connectivity index (χ2v) is 6.56. The maximum Gasteiger partial charge on any atom is 0.337 e. The minimum absolute atomic E-state index is 0.323. The number of nitrogens with one attached hydrogen (secondary N) is 1. The van der Waals surface area contributed by atoms with E-state index in [0.29, 0.717) is 6.92 Å². The Morgan fingerprint density at radius 3 is 2.05 bits per heavy atom. The van der Waals surface area contributed by atoms with E-state index in [9.17, 15) is 22.0 Å². The fourth-order valence-electron chi connectivity index (χ4n) is 1.18. The van der Waals surface area contributed by atoms with Gasteiger partial charge in [0.05, 0.1) is 4.90 Å². The molecule has 0 aliphatic rings. The van der Waals surface area contributed by atoms with Crippen molar-refractivity contribution in [3.63, 3.8) is 0 Å². The third-order valence-electron chi connectivity index (χ3n) is 2.59. The fourth-order valence-corrected chi connectivity index (χ4v) is 2.09. The first-order valence-electron chi connectivity index (χ1n) is 5.78. The number of aliphatic carboxylic acids is 1. The average molecular weight is 323 g/mol. The van der Waals surface area contributed by atoms with Gasteiger partial charge in [-0.15, -0.1) is 0 Å². The van der Waals surface area contributed by atoms with Gasteiger partial charge >= 0.3 is 5.97 Å². The van der Waals surface area contributed by atoms with E-state index in [-0.39, 0.29) is 10.5 Å². The van der Waals surface area contributed by atoms with Crippen LogP contribution in [0, 0.1) is 0 Å². The van der Waals surface area contributed by atoms with E-state index in [1.807, 2.05) is 0 Å². The molecule has 118 valence electrons. The van der Waals surface area contributed by atoms with Gasteiger partial charge in [0.15, 0.2) is 5.60 Å². The molecule has 9 heteroatoms. The van der Waals surface area contributed by atoms with Crippen LogP contribution in [-0.2, 0) is 25.6 Å². The molecule has 0 spiro atoms. The molecule has 6 nitrogen and oxygen atoms in total. The highest BCUT2D eigenvalue weighted by atomic mass is 32.2. The summed E-state index contributed by atoms with van der Waals surface area (Å²) in [4.78, 5) is 16.7. The summed E-state index contributed by atoms with van der Waals surface area (Å²) >= 11 is 0. The molecule has 0 heterocycles. The molecule has 21 heavy (non-hydrogen) atoms. The van der Waals surface area contributed by atoms with Crippen LogP contribution in [0.3, 0.4) is 0 Å². The van der Waals surface area contributed by atoms with Gasteiger partial charge in [-0.1, -0.05) is 17.0 Å². The van der Waals surface area contributed by atoms with Crippen molar-refractivity contribution >= 4 is 16.0 Å². The highest BCUT2D eigenvalue weighted by molar-refractivity contribution is 7.89. The summed E-state index contributed by atoms with van der Waals surface area (Å²) in [5, 5.41) is 8.79. The van der Waals surface area contributed by atoms with Crippen LogP contribution in [0.4, 0.5) is 8.78 Å². The lowest BCUT2D eigenvalue weighted by Crippen LogP contribution is -2.41. The summed E-state index contributed by atoms with van der Waals surface area (Å²) in [6.45, 7) is 2.99. The first-order chi connectivity index (χ1) is 9.36. The maximum atomic E-state index is 13.0. The van der Waals surface area contributed by atoms with Crippen LogP contribution in [0.25, 0.3) is 0 Å². The van der Waals surface area contributed by atoms with Crippen LogP contribution in [0.5, 0.6) is 0 Å². The molecule has 0 saturated heterocycles. The number of benzene rings is 1. The van der Waals surface area contributed by atoms with Crippen LogP contribution in [-0.4, -0.2) is 25.1 Å². The Labute approximate surface area is 120 Å². The van der Waals surface area contributed by atoms with Gasteiger partial charge in [-0.25, -0.2) is 22.0 Å². The lowest BCUT2D eigenvalue weighted by atomic mass is 10.1. The Bertz CT molecular complexity index is 620. The van der Waals surface area contributed by atoms with Crippen LogP contribution >= 0.6 is 0 Å². The van der Waals surface area contributed by atoms with E-state index in [4.69, 9.17) is 5.11 Å². The third-order valence-corrected chi connectivity index (χ3v) is 3.79. The number of sulfonamides is 1. The summed E-state index contributed by atoms with van der Waals surface area (Å²) < 4.78 is 49.7. The van der Waals surface area contributed by atoms with Crippen molar-refractivity contribution in [1.29, 1.82) is 0 Å². The summed E-state index contributed by atoms with van der Waals surface area (Å²) in [7, 11) is -4.17. The molecule has 0 unspecified atom stereocenters. The number of hydrogen-bond acceptors (Lipinski definition) is 4. The highest BCUT2D eigenvalue weighted by Gasteiger charge is 2.31. The summed E-state index contributed by atoms with van der Waals surface area (Å²) in [6.07, 6.45) is 0. The Morgan fingerprint density at radius 1 is 1.19 bits per heavy atom. The molecule has 2 N–H and O–H groups in total. The van der Waals surface area contributed by atoms with Crippen LogP contribution in [0.2, 0.25) is 0 Å². The molecular weight excluding hydrogens is 308 g/mol. The predicted molar refractivity (Wildman–Crippen MR) is 69.1 cm³/mol. The zero-order valence-electron chi connectivity index (χ0n) is 11.6. The molecule has 0 aromatic heterocycles. The standard InChI is InChI=1S/C12H15F2NO5S/c1-11(2,10(16)17)20-15-21(18,19)9-6-4-8(5-7-9)12(3,13)14/h4-7,15H,1-3H3,(H,16,17). The largest absolute Gasteiger partial charge is 0.479 e. The molecule has 0 aliphatic carbocycles. The van der Waals surface area contributed by atoms with Gasteiger partial charge in [-0.3, -0.25) is 4.84 Å². The van der Waals surface area contributed by atoms with E-state index in [1.54, 1.807) is 4.89 Å². The SMILES string of the molecule is CC(C)(ONS(=O)(=O)c1ccc(C(C)(F)F)cc1)C(=O)O. The molecule has 0 radical (unpaired) electrons. The number of halogens is 2. The zero-order valence-corrected chi connectivity index (χ0v) is 12.4. The van der Waals surface area contributed by atoms with E-state index in [0.717, 1.165) is 38.1 Å². The number of carboxylic acid groups (broad SMARTS) is 1. The molecule has 1 aromatic rings. The molecule has 0 bridgehead atoms. The Hall–Kier alpha value is -1.58. The van der Waals surface area contributed by atoms with Crippen molar-refractivity contribution in [2.75, 3.05) is 0 Å². The van der Waals surface area contributed by atoms with Crippen molar-refractivity contribution in [3.05, 3.63) is 29.8 Å². The van der Waals surface area contributed by atoms with Gasteiger partial charge in [0.2, 0.25) is 0 Å². The number of carbonyl (C=O) groups is 1. The monoisotopic (exact) mass is 323 g/mol. The minimum Gasteiger partial charge on any atom is -0.479 e. The van der Waals surface area contributed by atoms with Crippen molar-refractivity contribution < 1.29 is 31.9 Å². The lowest BCUT2D eigenvalue weighted by molar-refractivity contribution is -0.165. The van der Waals surface area contributed by atoms with Crippen molar-refractivity contribution in [2.24, 2.45) is 0 Å². The molecule has 0 saturated carbocycles. The number of hydrogen-bond donors (Lipinski definition) is 2. The molecule has 0 amide bonds. The van der Waals surface area contributed by atoms with Crippen LogP contribution < -0.4 is 4.89 Å². The van der Waals surface area contributed by atoms with E-state index < -0.39 is 27.5 Å². The lowest BCUT2D eigenvalue weighted by Gasteiger charge is -2.19. The molecule has 0 aliphatic heterocycles. The van der Waals surface area contributed by atoms with E-state index in [1.165, 1.54) is 0 Å². The van der Waals surface area contributed by atoms with Gasteiger partial charge in [0, 0.05) is 12.5 Å². The summed E-state index contributed by atoms with van der Waals surface area (Å²) in [5.74, 6) is -4.46. The molecule has 1 rings (SSSR count). The first-order valence-corrected chi connectivity index (χ1v) is 7.26. The van der Waals surface area contributed by atoms with Crippen LogP contribution in [0.1, 0.15) is 26.3 Å². The van der Waals surface area contributed by atoms with Gasteiger partial charge < -0.3 is 5.11 Å². The molecular formula is C12H15F2NO5S. The van der Waals surface area contributed by atoms with Gasteiger partial charge in [-0.2, -0.15) is 0 Å². The second kappa shape index (κ2) is 5.66. The van der Waals surface area contributed by atoms with Gasteiger partial charge in [0.1, 0.15) is 0 Å². The normalized spacial score (nSPS) is 13.2. The quantitative estimate of drug-likeness (QED) is 0.780.